The Hall–Kier alpha value is -0.290. The Kier molecular flexibility index (Phi) is 3.90. The van der Waals surface area contributed by atoms with Gasteiger partial charge >= 0.3 is 0 Å². The van der Waals surface area contributed by atoms with Gasteiger partial charge in [-0.2, -0.15) is 0 Å². The molecule has 1 atom stereocenters. The molecular formula is C10H12Cl2O3S. The average molecular weight is 283 g/mol. The lowest BCUT2D eigenvalue weighted by molar-refractivity contribution is 0.181. The molecule has 0 heterocycles. The molecule has 0 bridgehead atoms. The fourth-order valence-electron chi connectivity index (χ4n) is 1.15. The summed E-state index contributed by atoms with van der Waals surface area (Å²) >= 11 is 11.3. The lowest BCUT2D eigenvalue weighted by atomic mass is 10.1. The van der Waals surface area contributed by atoms with Gasteiger partial charge in [-0.15, -0.1) is 0 Å². The molecule has 6 heteroatoms. The van der Waals surface area contributed by atoms with Crippen LogP contribution in [0.3, 0.4) is 0 Å². The van der Waals surface area contributed by atoms with Crippen LogP contribution in [-0.4, -0.2) is 23.4 Å². The zero-order valence-electron chi connectivity index (χ0n) is 8.81. The van der Waals surface area contributed by atoms with Crippen molar-refractivity contribution >= 4 is 33.0 Å². The molecule has 3 nitrogen and oxygen atoms in total. The monoisotopic (exact) mass is 282 g/mol. The van der Waals surface area contributed by atoms with E-state index in [0.29, 0.717) is 5.56 Å². The standard InChI is InChI=1S/C10H12Cl2O3S/c1-7-3-5-8(6-4-7)9(13)10(11,12)16(2,14)15/h3-6,9,13H,1-2H3/t9-/m0/s1. The Labute approximate surface area is 105 Å². The van der Waals surface area contributed by atoms with Crippen LogP contribution in [-0.2, 0) is 9.84 Å². The molecule has 1 aromatic carbocycles. The summed E-state index contributed by atoms with van der Waals surface area (Å²) in [7, 11) is -3.78. The fourth-order valence-corrected chi connectivity index (χ4v) is 1.94. The molecule has 0 fully saturated rings. The first-order valence-electron chi connectivity index (χ1n) is 4.48. The number of benzene rings is 1. The van der Waals surface area contributed by atoms with Crippen molar-refractivity contribution in [3.8, 4) is 0 Å². The van der Waals surface area contributed by atoms with Crippen molar-refractivity contribution in [2.45, 2.75) is 16.7 Å². The summed E-state index contributed by atoms with van der Waals surface area (Å²) in [6.45, 7) is 1.88. The molecule has 0 aliphatic heterocycles. The van der Waals surface area contributed by atoms with E-state index in [2.05, 4.69) is 0 Å². The molecule has 1 N–H and O–H groups in total. The lowest BCUT2D eigenvalue weighted by Crippen LogP contribution is -2.32. The molecule has 0 aromatic heterocycles. The first-order chi connectivity index (χ1) is 7.16. The summed E-state index contributed by atoms with van der Waals surface area (Å²) < 4.78 is 20.4. The Balaban J connectivity index is 3.12. The SMILES string of the molecule is Cc1ccc([C@H](O)C(Cl)(Cl)S(C)(=O)=O)cc1. The van der Waals surface area contributed by atoms with Gasteiger partial charge < -0.3 is 5.11 Å². The van der Waals surface area contributed by atoms with Crippen molar-refractivity contribution < 1.29 is 13.5 Å². The van der Waals surface area contributed by atoms with E-state index in [4.69, 9.17) is 23.2 Å². The van der Waals surface area contributed by atoms with Crippen LogP contribution in [0.5, 0.6) is 0 Å². The second-order valence-corrected chi connectivity index (χ2v) is 7.67. The van der Waals surface area contributed by atoms with Crippen molar-refractivity contribution in [1.82, 2.24) is 0 Å². The Bertz CT molecular complexity index is 465. The fraction of sp³-hybridized carbons (Fsp3) is 0.400. The largest absolute Gasteiger partial charge is 0.384 e. The summed E-state index contributed by atoms with van der Waals surface area (Å²) in [5.41, 5.74) is 1.35. The van der Waals surface area contributed by atoms with Crippen LogP contribution in [0.25, 0.3) is 0 Å². The van der Waals surface area contributed by atoms with E-state index in [-0.39, 0.29) is 0 Å². The van der Waals surface area contributed by atoms with Crippen LogP contribution in [0.15, 0.2) is 24.3 Å². The van der Waals surface area contributed by atoms with Crippen molar-refractivity contribution in [2.75, 3.05) is 6.26 Å². The summed E-state index contributed by atoms with van der Waals surface area (Å²) in [6, 6.07) is 6.66. The smallest absolute Gasteiger partial charge is 0.247 e. The predicted octanol–water partition coefficient (Wildman–Crippen LogP) is 2.20. The molecule has 0 saturated carbocycles. The molecule has 0 saturated heterocycles. The predicted molar refractivity (Wildman–Crippen MR) is 65.4 cm³/mol. The molecule has 0 aliphatic rings. The first-order valence-corrected chi connectivity index (χ1v) is 7.13. The number of hydrogen-bond acceptors (Lipinski definition) is 3. The van der Waals surface area contributed by atoms with E-state index in [9.17, 15) is 13.5 Å². The minimum atomic E-state index is -3.78. The number of sulfone groups is 1. The summed E-state index contributed by atoms with van der Waals surface area (Å²) in [6.07, 6.45) is -0.601. The van der Waals surface area contributed by atoms with Crippen LogP contribution in [0, 0.1) is 6.92 Å². The highest BCUT2D eigenvalue weighted by atomic mass is 35.5. The summed E-state index contributed by atoms with van der Waals surface area (Å²) in [5, 5.41) is 9.83. The van der Waals surface area contributed by atoms with E-state index in [1.807, 2.05) is 6.92 Å². The normalized spacial score (nSPS) is 14.8. The maximum absolute atomic E-state index is 11.3. The summed E-state index contributed by atoms with van der Waals surface area (Å²) in [4.78, 5) is 0. The Morgan fingerprint density at radius 1 is 1.25 bits per heavy atom. The average Bonchev–Trinajstić information content (AvgIpc) is 2.16. The van der Waals surface area contributed by atoms with Crippen LogP contribution >= 0.6 is 23.2 Å². The zero-order valence-corrected chi connectivity index (χ0v) is 11.1. The van der Waals surface area contributed by atoms with E-state index in [1.54, 1.807) is 24.3 Å². The lowest BCUT2D eigenvalue weighted by Gasteiger charge is -2.24. The number of hydrogen-bond donors (Lipinski definition) is 1. The van der Waals surface area contributed by atoms with E-state index < -0.39 is 19.6 Å². The molecule has 0 aliphatic carbocycles. The topological polar surface area (TPSA) is 54.4 Å². The zero-order chi connectivity index (χ0) is 12.6. The highest BCUT2D eigenvalue weighted by Crippen LogP contribution is 2.40. The number of alkyl halides is 2. The van der Waals surface area contributed by atoms with Gasteiger partial charge in [0.1, 0.15) is 6.10 Å². The van der Waals surface area contributed by atoms with Gasteiger partial charge in [0.25, 0.3) is 0 Å². The van der Waals surface area contributed by atoms with Crippen molar-refractivity contribution in [1.29, 1.82) is 0 Å². The number of halogens is 2. The van der Waals surface area contributed by atoms with Crippen LogP contribution < -0.4 is 0 Å². The summed E-state index contributed by atoms with van der Waals surface area (Å²) in [5.74, 6) is 0. The van der Waals surface area contributed by atoms with Crippen molar-refractivity contribution in [3.05, 3.63) is 35.4 Å². The molecule has 0 unspecified atom stereocenters. The number of aryl methyl sites for hydroxylation is 1. The molecular weight excluding hydrogens is 271 g/mol. The minimum Gasteiger partial charge on any atom is -0.384 e. The number of rotatable bonds is 3. The third-order valence-electron chi connectivity index (χ3n) is 2.21. The highest BCUT2D eigenvalue weighted by Gasteiger charge is 2.44. The second-order valence-electron chi connectivity index (χ2n) is 3.65. The molecule has 16 heavy (non-hydrogen) atoms. The molecule has 1 aromatic rings. The van der Waals surface area contributed by atoms with Crippen molar-refractivity contribution in [3.63, 3.8) is 0 Å². The number of aliphatic hydroxyl groups excluding tert-OH is 1. The van der Waals surface area contributed by atoms with Gasteiger partial charge in [-0.1, -0.05) is 53.0 Å². The van der Waals surface area contributed by atoms with E-state index >= 15 is 0 Å². The third-order valence-corrected chi connectivity index (χ3v) is 5.51. The van der Waals surface area contributed by atoms with Gasteiger partial charge in [0.05, 0.1) is 0 Å². The second kappa shape index (κ2) is 4.53. The number of aliphatic hydroxyl groups is 1. The maximum atomic E-state index is 11.3. The first kappa shape index (κ1) is 13.8. The third kappa shape index (κ3) is 2.69. The quantitative estimate of drug-likeness (QED) is 0.865. The Morgan fingerprint density at radius 2 is 1.69 bits per heavy atom. The molecule has 0 spiro atoms. The van der Waals surface area contributed by atoms with Gasteiger partial charge in [-0.05, 0) is 12.5 Å². The Morgan fingerprint density at radius 3 is 2.06 bits per heavy atom. The molecule has 0 radical (unpaired) electrons. The highest BCUT2D eigenvalue weighted by molar-refractivity contribution is 7.94. The molecule has 0 amide bonds. The van der Waals surface area contributed by atoms with Crippen molar-refractivity contribution in [2.24, 2.45) is 0 Å². The maximum Gasteiger partial charge on any atom is 0.247 e. The van der Waals surface area contributed by atoms with E-state index in [1.165, 1.54) is 0 Å². The van der Waals surface area contributed by atoms with Crippen LogP contribution in [0.1, 0.15) is 17.2 Å². The van der Waals surface area contributed by atoms with Gasteiger partial charge in [-0.3, -0.25) is 0 Å². The van der Waals surface area contributed by atoms with Gasteiger partial charge in [-0.25, -0.2) is 8.42 Å². The minimum absolute atomic E-state index is 0.362. The van der Waals surface area contributed by atoms with Gasteiger partial charge in [0, 0.05) is 6.26 Å². The van der Waals surface area contributed by atoms with Crippen LogP contribution in [0.2, 0.25) is 0 Å². The molecule has 90 valence electrons. The van der Waals surface area contributed by atoms with E-state index in [0.717, 1.165) is 11.8 Å². The van der Waals surface area contributed by atoms with Gasteiger partial charge in [0.2, 0.25) is 3.67 Å². The molecule has 1 rings (SSSR count). The van der Waals surface area contributed by atoms with Crippen LogP contribution in [0.4, 0.5) is 0 Å². The van der Waals surface area contributed by atoms with Gasteiger partial charge in [0.15, 0.2) is 9.84 Å².